The van der Waals surface area contributed by atoms with Gasteiger partial charge in [0.25, 0.3) is 0 Å². The van der Waals surface area contributed by atoms with Gasteiger partial charge in [-0.1, -0.05) is 26.2 Å². The van der Waals surface area contributed by atoms with Crippen molar-refractivity contribution in [1.82, 2.24) is 0 Å². The van der Waals surface area contributed by atoms with E-state index in [0.717, 1.165) is 18.4 Å². The van der Waals surface area contributed by atoms with E-state index in [1.54, 1.807) is 6.92 Å². The van der Waals surface area contributed by atoms with Crippen LogP contribution in [-0.4, -0.2) is 19.1 Å². The van der Waals surface area contributed by atoms with Crippen LogP contribution in [0.15, 0.2) is 11.1 Å². The molecule has 2 N–H and O–H groups in total. The molecule has 0 aromatic carbocycles. The van der Waals surface area contributed by atoms with Crippen LogP contribution in [-0.2, 0) is 9.53 Å². The van der Waals surface area contributed by atoms with Gasteiger partial charge in [0.05, 0.1) is 7.11 Å². The van der Waals surface area contributed by atoms with Gasteiger partial charge >= 0.3 is 5.97 Å². The zero-order chi connectivity index (χ0) is 11.8. The summed E-state index contributed by atoms with van der Waals surface area (Å²) < 4.78 is 4.66. The molecule has 0 aliphatic heterocycles. The number of carbonyl (C=O) groups is 1. The van der Waals surface area contributed by atoms with Crippen molar-refractivity contribution in [1.29, 1.82) is 0 Å². The van der Waals surface area contributed by atoms with E-state index >= 15 is 0 Å². The Morgan fingerprint density at radius 2 is 1.93 bits per heavy atom. The molecule has 0 bridgehead atoms. The first-order valence-corrected chi connectivity index (χ1v) is 5.55. The van der Waals surface area contributed by atoms with Crippen LogP contribution >= 0.6 is 0 Å². The number of rotatable bonds is 6. The lowest BCUT2D eigenvalue weighted by Gasteiger charge is -2.14. The van der Waals surface area contributed by atoms with Crippen LogP contribution in [0.2, 0.25) is 0 Å². The highest BCUT2D eigenvalue weighted by molar-refractivity contribution is 5.88. The van der Waals surface area contributed by atoms with E-state index in [-0.39, 0.29) is 12.0 Å². The molecule has 0 aromatic heterocycles. The third-order valence-electron chi connectivity index (χ3n) is 2.76. The summed E-state index contributed by atoms with van der Waals surface area (Å²) in [6.07, 6.45) is 4.43. The maximum atomic E-state index is 11.3. The Labute approximate surface area is 92.7 Å². The Morgan fingerprint density at radius 1 is 1.33 bits per heavy atom. The zero-order valence-electron chi connectivity index (χ0n) is 10.3. The lowest BCUT2D eigenvalue weighted by atomic mass is 9.98. The molecule has 0 aromatic rings. The molecule has 0 aliphatic rings. The molecule has 3 nitrogen and oxygen atoms in total. The molecule has 15 heavy (non-hydrogen) atoms. The fourth-order valence-electron chi connectivity index (χ4n) is 1.42. The second-order valence-electron chi connectivity index (χ2n) is 3.90. The van der Waals surface area contributed by atoms with Crippen LogP contribution in [0.3, 0.4) is 0 Å². The van der Waals surface area contributed by atoms with Gasteiger partial charge < -0.3 is 10.5 Å². The van der Waals surface area contributed by atoms with E-state index < -0.39 is 0 Å². The van der Waals surface area contributed by atoms with Gasteiger partial charge in [0.15, 0.2) is 0 Å². The highest BCUT2D eigenvalue weighted by Gasteiger charge is 2.12. The van der Waals surface area contributed by atoms with Gasteiger partial charge in [0.2, 0.25) is 0 Å². The predicted molar refractivity (Wildman–Crippen MR) is 62.5 cm³/mol. The van der Waals surface area contributed by atoms with E-state index in [2.05, 4.69) is 11.7 Å². The molecule has 0 spiro atoms. The summed E-state index contributed by atoms with van der Waals surface area (Å²) in [4.78, 5) is 11.3. The van der Waals surface area contributed by atoms with E-state index in [9.17, 15) is 4.79 Å². The first kappa shape index (κ1) is 14.2. The molecule has 0 heterocycles. The molecule has 0 radical (unpaired) electrons. The van der Waals surface area contributed by atoms with Crippen LogP contribution in [0.4, 0.5) is 0 Å². The third-order valence-corrected chi connectivity index (χ3v) is 2.76. The van der Waals surface area contributed by atoms with Crippen molar-refractivity contribution in [3.05, 3.63) is 11.1 Å². The quantitative estimate of drug-likeness (QED) is 0.419. The normalized spacial score (nSPS) is 14.5. The van der Waals surface area contributed by atoms with Crippen molar-refractivity contribution in [3.8, 4) is 0 Å². The summed E-state index contributed by atoms with van der Waals surface area (Å²) in [7, 11) is 1.39. The number of nitrogens with two attached hydrogens (primary N) is 1. The molecule has 0 saturated carbocycles. The number of unbranched alkanes of at least 4 members (excludes halogenated alkanes) is 2. The lowest BCUT2D eigenvalue weighted by molar-refractivity contribution is -0.136. The summed E-state index contributed by atoms with van der Waals surface area (Å²) >= 11 is 0. The molecule has 0 amide bonds. The number of carbonyl (C=O) groups excluding carboxylic acids is 1. The molecular weight excluding hydrogens is 190 g/mol. The van der Waals surface area contributed by atoms with Gasteiger partial charge in [0.1, 0.15) is 0 Å². The average molecular weight is 213 g/mol. The molecule has 0 rings (SSSR count). The highest BCUT2D eigenvalue weighted by atomic mass is 16.5. The van der Waals surface area contributed by atoms with E-state index in [1.165, 1.54) is 20.0 Å². The fourth-order valence-corrected chi connectivity index (χ4v) is 1.42. The monoisotopic (exact) mass is 213 g/mol. The third kappa shape index (κ3) is 4.98. The number of hydrogen-bond acceptors (Lipinski definition) is 3. The van der Waals surface area contributed by atoms with Crippen molar-refractivity contribution in [3.63, 3.8) is 0 Å². The maximum absolute atomic E-state index is 11.3. The maximum Gasteiger partial charge on any atom is 0.333 e. The van der Waals surface area contributed by atoms with Crippen LogP contribution in [0.25, 0.3) is 0 Å². The average Bonchev–Trinajstić information content (AvgIpc) is 2.26. The van der Waals surface area contributed by atoms with Crippen LogP contribution in [0.1, 0.15) is 46.5 Å². The topological polar surface area (TPSA) is 52.3 Å². The standard InChI is InChI=1S/C12H23NO2/c1-5-6-7-8-11(13)9(2)10(3)12(14)15-4/h11H,5-8,13H2,1-4H3. The minimum Gasteiger partial charge on any atom is -0.466 e. The Bertz CT molecular complexity index is 234. The molecule has 0 aliphatic carbocycles. The minimum atomic E-state index is -0.279. The number of esters is 1. The predicted octanol–water partition coefficient (Wildman–Crippen LogP) is 2.40. The van der Waals surface area contributed by atoms with E-state index in [0.29, 0.717) is 5.57 Å². The molecule has 3 heteroatoms. The van der Waals surface area contributed by atoms with Crippen LogP contribution in [0.5, 0.6) is 0 Å². The summed E-state index contributed by atoms with van der Waals surface area (Å²) in [5.41, 5.74) is 7.57. The molecule has 0 fully saturated rings. The summed E-state index contributed by atoms with van der Waals surface area (Å²) in [5, 5.41) is 0. The minimum absolute atomic E-state index is 0.0179. The molecular formula is C12H23NO2. The van der Waals surface area contributed by atoms with Crippen molar-refractivity contribution in [2.75, 3.05) is 7.11 Å². The first-order chi connectivity index (χ1) is 7.04. The Kier molecular flexibility index (Phi) is 7.05. The van der Waals surface area contributed by atoms with Crippen molar-refractivity contribution in [2.24, 2.45) is 5.73 Å². The Hall–Kier alpha value is -0.830. The molecule has 1 atom stereocenters. The van der Waals surface area contributed by atoms with Crippen LogP contribution in [0, 0.1) is 0 Å². The number of methoxy groups -OCH3 is 1. The second-order valence-corrected chi connectivity index (χ2v) is 3.90. The van der Waals surface area contributed by atoms with E-state index in [1.807, 2.05) is 6.92 Å². The van der Waals surface area contributed by atoms with Crippen LogP contribution < -0.4 is 5.73 Å². The van der Waals surface area contributed by atoms with Crippen molar-refractivity contribution < 1.29 is 9.53 Å². The van der Waals surface area contributed by atoms with Gasteiger partial charge in [-0.25, -0.2) is 4.79 Å². The fraction of sp³-hybridized carbons (Fsp3) is 0.750. The van der Waals surface area contributed by atoms with Gasteiger partial charge in [-0.05, 0) is 25.8 Å². The lowest BCUT2D eigenvalue weighted by Crippen LogP contribution is -2.23. The first-order valence-electron chi connectivity index (χ1n) is 5.55. The summed E-state index contributed by atoms with van der Waals surface area (Å²) in [6, 6.07) is -0.0179. The van der Waals surface area contributed by atoms with Crippen molar-refractivity contribution >= 4 is 5.97 Å². The number of hydrogen-bond donors (Lipinski definition) is 1. The molecule has 0 saturated heterocycles. The summed E-state index contributed by atoms with van der Waals surface area (Å²) in [6.45, 7) is 5.83. The van der Waals surface area contributed by atoms with Crippen molar-refractivity contribution in [2.45, 2.75) is 52.5 Å². The largest absolute Gasteiger partial charge is 0.466 e. The smallest absolute Gasteiger partial charge is 0.333 e. The summed E-state index contributed by atoms with van der Waals surface area (Å²) in [5.74, 6) is -0.279. The Morgan fingerprint density at radius 3 is 2.40 bits per heavy atom. The highest BCUT2D eigenvalue weighted by Crippen LogP contribution is 2.13. The molecule has 88 valence electrons. The number of ether oxygens (including phenoxy) is 1. The van der Waals surface area contributed by atoms with Gasteiger partial charge in [-0.15, -0.1) is 0 Å². The van der Waals surface area contributed by atoms with E-state index in [4.69, 9.17) is 5.73 Å². The SMILES string of the molecule is CCCCCC(N)C(C)=C(C)C(=O)OC. The van der Waals surface area contributed by atoms with Gasteiger partial charge in [-0.3, -0.25) is 0 Å². The Balaban J connectivity index is 4.27. The zero-order valence-corrected chi connectivity index (χ0v) is 10.3. The second kappa shape index (κ2) is 7.46. The van der Waals surface area contributed by atoms with Gasteiger partial charge in [0, 0.05) is 11.6 Å². The molecule has 1 unspecified atom stereocenters. The van der Waals surface area contributed by atoms with Gasteiger partial charge in [-0.2, -0.15) is 0 Å².